The molecule has 4 bridgehead atoms. The summed E-state index contributed by atoms with van der Waals surface area (Å²) >= 11 is 1.42. The molecule has 0 aliphatic carbocycles. The molecule has 1 fully saturated rings. The van der Waals surface area contributed by atoms with Gasteiger partial charge >= 0.3 is 0 Å². The number of amides is 4. The third kappa shape index (κ3) is 5.33. The largest absolute Gasteiger partial charge is 0.490 e. The molecule has 0 radical (unpaired) electrons. The summed E-state index contributed by atoms with van der Waals surface area (Å²) in [7, 11) is 0. The van der Waals surface area contributed by atoms with Crippen LogP contribution in [0.1, 0.15) is 34.5 Å². The number of thiophene rings is 1. The Morgan fingerprint density at radius 3 is 2.80 bits per heavy atom. The molecule has 2 N–H and O–H groups in total. The van der Waals surface area contributed by atoms with E-state index >= 15 is 0 Å². The summed E-state index contributed by atoms with van der Waals surface area (Å²) in [6.45, 7) is 3.27. The fraction of sp³-hybridized carbons (Fsp3) is 0.400. The Balaban J connectivity index is 1.27. The van der Waals surface area contributed by atoms with Gasteiger partial charge in [0, 0.05) is 54.7 Å². The summed E-state index contributed by atoms with van der Waals surface area (Å²) in [6, 6.07) is 15.5. The lowest BCUT2D eigenvalue weighted by Gasteiger charge is -2.40. The van der Waals surface area contributed by atoms with Crippen LogP contribution in [0.5, 0.6) is 11.5 Å². The Kier molecular flexibility index (Phi) is 7.29. The maximum Gasteiger partial charge on any atom is 0.264 e. The Bertz CT molecular complexity index is 1490. The molecular weight excluding hydrogens is 544 g/mol. The molecule has 0 saturated carbocycles. The first kappa shape index (κ1) is 27.1. The number of benzene rings is 2. The maximum absolute atomic E-state index is 13.6. The number of para-hydroxylation sites is 1. The summed E-state index contributed by atoms with van der Waals surface area (Å²) in [5.74, 6) is 0.270. The third-order valence-corrected chi connectivity index (χ3v) is 9.21. The van der Waals surface area contributed by atoms with Gasteiger partial charge in [0.05, 0.1) is 31.2 Å². The van der Waals surface area contributed by atoms with Crippen molar-refractivity contribution in [2.45, 2.75) is 19.3 Å². The summed E-state index contributed by atoms with van der Waals surface area (Å²) < 4.78 is 13.4. The first-order chi connectivity index (χ1) is 19.8. The number of fused-ring (bicyclic) bond motifs is 10. The Hall–Kier alpha value is -4.12. The van der Waals surface area contributed by atoms with E-state index in [1.54, 1.807) is 9.80 Å². The van der Waals surface area contributed by atoms with Gasteiger partial charge in [0.1, 0.15) is 0 Å². The van der Waals surface area contributed by atoms with E-state index in [2.05, 4.69) is 10.6 Å². The fourth-order valence-electron chi connectivity index (χ4n) is 6.00. The van der Waals surface area contributed by atoms with Crippen LogP contribution in [0.15, 0.2) is 48.5 Å². The molecule has 4 aliphatic heterocycles. The highest BCUT2D eigenvalue weighted by Gasteiger charge is 2.53. The molecule has 2 atom stereocenters. The van der Waals surface area contributed by atoms with Crippen LogP contribution in [0.25, 0.3) is 10.1 Å². The lowest BCUT2D eigenvalue weighted by Crippen LogP contribution is -2.50. The van der Waals surface area contributed by atoms with Gasteiger partial charge in [-0.25, -0.2) is 0 Å². The van der Waals surface area contributed by atoms with Gasteiger partial charge in [0.25, 0.3) is 5.91 Å². The highest BCUT2D eigenvalue weighted by Crippen LogP contribution is 2.52. The molecule has 11 heteroatoms. The van der Waals surface area contributed by atoms with E-state index in [-0.39, 0.29) is 49.2 Å². The third-order valence-electron chi connectivity index (χ3n) is 8.10. The van der Waals surface area contributed by atoms with Crippen LogP contribution in [0.3, 0.4) is 0 Å². The number of nitrogens with one attached hydrogen (secondary N) is 2. The molecule has 1 aromatic heterocycles. The van der Waals surface area contributed by atoms with Crippen LogP contribution < -0.4 is 20.1 Å². The summed E-state index contributed by atoms with van der Waals surface area (Å²) in [5.41, 5.74) is 0.369. The molecule has 214 valence electrons. The molecule has 1 spiro atoms. The molecular formula is C30H32N4O6S. The van der Waals surface area contributed by atoms with Crippen LogP contribution in [0.4, 0.5) is 0 Å². The normalized spacial score (nSPS) is 22.3. The van der Waals surface area contributed by atoms with E-state index in [4.69, 9.17) is 9.47 Å². The lowest BCUT2D eigenvalue weighted by molar-refractivity contribution is -0.132. The number of rotatable bonds is 3. The molecule has 4 aliphatic rings. The Labute approximate surface area is 241 Å². The van der Waals surface area contributed by atoms with Crippen molar-refractivity contribution in [3.05, 3.63) is 59.0 Å². The average Bonchev–Trinajstić information content (AvgIpc) is 3.58. The number of hydrogen-bond donors (Lipinski definition) is 2. The van der Waals surface area contributed by atoms with Crippen molar-refractivity contribution in [1.82, 2.24) is 20.4 Å². The zero-order valence-corrected chi connectivity index (χ0v) is 23.6. The molecule has 3 aromatic rings. The molecule has 41 heavy (non-hydrogen) atoms. The fourth-order valence-corrected chi connectivity index (χ4v) is 7.03. The SMILES string of the molecule is CC(=O)NCC(=O)N1C[C@H]2c3cccc4c3OC[C@@]2(CNC(=O)CN(C(=O)c2cc3ccccc3s2)CCCO4)C1. The standard InChI is InChI=1S/C30H32N4O6S/c1-19(35)31-13-27(37)34-14-22-21-7-4-8-23-28(21)40-18-30(22,17-34)16-32-26(36)15-33(10-5-11-39-23)29(38)25-12-20-6-2-3-9-24(20)41-25/h2-4,6-9,12,22H,5,10-11,13-18H2,1H3,(H,31,35)(H,32,36)/t22-,30+/m0/s1. The second kappa shape index (κ2) is 11.0. The quantitative estimate of drug-likeness (QED) is 0.495. The van der Waals surface area contributed by atoms with Gasteiger partial charge in [-0.15, -0.1) is 11.3 Å². The highest BCUT2D eigenvalue weighted by molar-refractivity contribution is 7.20. The van der Waals surface area contributed by atoms with Crippen LogP contribution in [-0.4, -0.2) is 85.9 Å². The summed E-state index contributed by atoms with van der Waals surface area (Å²) in [5, 5.41) is 6.64. The van der Waals surface area contributed by atoms with E-state index in [0.717, 1.165) is 15.6 Å². The van der Waals surface area contributed by atoms with E-state index in [1.165, 1.54) is 18.3 Å². The van der Waals surface area contributed by atoms with E-state index in [1.807, 2.05) is 48.5 Å². The van der Waals surface area contributed by atoms with Crippen molar-refractivity contribution < 1.29 is 28.7 Å². The lowest BCUT2D eigenvalue weighted by atomic mass is 9.73. The van der Waals surface area contributed by atoms with Gasteiger partial charge < -0.3 is 29.9 Å². The minimum Gasteiger partial charge on any atom is -0.490 e. The number of carbonyl (C=O) groups excluding carboxylic acids is 4. The number of carbonyl (C=O) groups is 4. The molecule has 1 saturated heterocycles. The molecule has 4 amide bonds. The Morgan fingerprint density at radius 2 is 1.98 bits per heavy atom. The molecule has 5 heterocycles. The zero-order valence-electron chi connectivity index (χ0n) is 22.8. The van der Waals surface area contributed by atoms with Gasteiger partial charge in [-0.2, -0.15) is 0 Å². The maximum atomic E-state index is 13.6. The van der Waals surface area contributed by atoms with Gasteiger partial charge in [0.15, 0.2) is 11.5 Å². The predicted molar refractivity (Wildman–Crippen MR) is 153 cm³/mol. The first-order valence-corrected chi connectivity index (χ1v) is 14.6. The minimum atomic E-state index is -0.572. The monoisotopic (exact) mass is 576 g/mol. The van der Waals surface area contributed by atoms with E-state index in [0.29, 0.717) is 55.6 Å². The highest BCUT2D eigenvalue weighted by atomic mass is 32.1. The minimum absolute atomic E-state index is 0.0869. The van der Waals surface area contributed by atoms with Gasteiger partial charge in [-0.1, -0.05) is 30.3 Å². The second-order valence-corrected chi connectivity index (χ2v) is 12.0. The van der Waals surface area contributed by atoms with Crippen LogP contribution in [0.2, 0.25) is 0 Å². The van der Waals surface area contributed by atoms with Gasteiger partial charge in [-0.3, -0.25) is 19.2 Å². The van der Waals surface area contributed by atoms with Crippen molar-refractivity contribution >= 4 is 45.1 Å². The first-order valence-electron chi connectivity index (χ1n) is 13.8. The number of likely N-dealkylation sites (tertiary alicyclic amines) is 1. The number of hydrogen-bond acceptors (Lipinski definition) is 7. The number of ether oxygens (including phenoxy) is 2. The molecule has 0 unspecified atom stereocenters. The smallest absolute Gasteiger partial charge is 0.264 e. The average molecular weight is 577 g/mol. The summed E-state index contributed by atoms with van der Waals surface area (Å²) in [4.78, 5) is 55.2. The molecule has 2 aromatic carbocycles. The Morgan fingerprint density at radius 1 is 1.12 bits per heavy atom. The van der Waals surface area contributed by atoms with E-state index < -0.39 is 5.41 Å². The van der Waals surface area contributed by atoms with Crippen molar-refractivity contribution in [2.75, 3.05) is 52.5 Å². The van der Waals surface area contributed by atoms with Crippen LogP contribution in [0, 0.1) is 5.41 Å². The topological polar surface area (TPSA) is 117 Å². The van der Waals surface area contributed by atoms with Crippen molar-refractivity contribution in [3.8, 4) is 11.5 Å². The van der Waals surface area contributed by atoms with E-state index in [9.17, 15) is 19.2 Å². The number of nitrogens with zero attached hydrogens (tertiary/aromatic N) is 2. The van der Waals surface area contributed by atoms with Crippen molar-refractivity contribution in [3.63, 3.8) is 0 Å². The van der Waals surface area contributed by atoms with Crippen LogP contribution in [-0.2, 0) is 14.4 Å². The van der Waals surface area contributed by atoms with Crippen LogP contribution >= 0.6 is 11.3 Å². The molecule has 10 nitrogen and oxygen atoms in total. The van der Waals surface area contributed by atoms with Crippen molar-refractivity contribution in [2.24, 2.45) is 5.41 Å². The second-order valence-electron chi connectivity index (χ2n) is 10.9. The van der Waals surface area contributed by atoms with Gasteiger partial charge in [0.2, 0.25) is 17.7 Å². The van der Waals surface area contributed by atoms with Crippen molar-refractivity contribution in [1.29, 1.82) is 0 Å². The predicted octanol–water partition coefficient (Wildman–Crippen LogP) is 2.38. The van der Waals surface area contributed by atoms with Gasteiger partial charge in [-0.05, 0) is 30.0 Å². The zero-order chi connectivity index (χ0) is 28.6. The molecule has 7 rings (SSSR count). The summed E-state index contributed by atoms with van der Waals surface area (Å²) in [6.07, 6.45) is 0.534.